The summed E-state index contributed by atoms with van der Waals surface area (Å²) in [6.45, 7) is 3.12. The van der Waals surface area contributed by atoms with Gasteiger partial charge in [-0.2, -0.15) is 0 Å². The molecule has 3 aliphatic heterocycles. The second kappa shape index (κ2) is 9.15. The number of piperazine rings is 1. The molecular weight excluding hydrogens is 402 g/mol. The van der Waals surface area contributed by atoms with Crippen LogP contribution < -0.4 is 0 Å². The van der Waals surface area contributed by atoms with Crippen LogP contribution in [0.15, 0.2) is 18.2 Å². The molecule has 0 aliphatic carbocycles. The van der Waals surface area contributed by atoms with Gasteiger partial charge in [-0.05, 0) is 37.5 Å². The van der Waals surface area contributed by atoms with E-state index in [4.69, 9.17) is 9.47 Å². The first kappa shape index (κ1) is 21.5. The average molecular weight is 429 g/mol. The predicted molar refractivity (Wildman–Crippen MR) is 110 cm³/mol. The summed E-state index contributed by atoms with van der Waals surface area (Å²) >= 11 is 0. The molecule has 2 saturated heterocycles. The van der Waals surface area contributed by atoms with Crippen LogP contribution in [0.4, 0.5) is 0 Å². The van der Waals surface area contributed by atoms with E-state index in [2.05, 4.69) is 0 Å². The van der Waals surface area contributed by atoms with E-state index in [-0.39, 0.29) is 41.8 Å². The van der Waals surface area contributed by atoms with Gasteiger partial charge in [0, 0.05) is 58.6 Å². The van der Waals surface area contributed by atoms with Crippen molar-refractivity contribution in [2.24, 2.45) is 0 Å². The van der Waals surface area contributed by atoms with Gasteiger partial charge >= 0.3 is 0 Å². The standard InChI is InChI=1S/C22H27N3O6/c1-30-12-3-7-25-20(27)16-6-5-15(14-17(16)21(25)28)19(26)23-8-10-24(11-9-23)22(29)18-4-2-13-31-18/h5-6,14,18H,2-4,7-13H2,1H3. The summed E-state index contributed by atoms with van der Waals surface area (Å²) in [5.74, 6) is -0.918. The van der Waals surface area contributed by atoms with E-state index >= 15 is 0 Å². The van der Waals surface area contributed by atoms with E-state index in [1.807, 2.05) is 0 Å². The van der Waals surface area contributed by atoms with E-state index in [1.54, 1.807) is 29.0 Å². The van der Waals surface area contributed by atoms with Crippen LogP contribution in [0.25, 0.3) is 0 Å². The predicted octanol–water partition coefficient (Wildman–Crippen LogP) is 0.783. The Morgan fingerprint density at radius 2 is 1.77 bits per heavy atom. The number of hydrogen-bond acceptors (Lipinski definition) is 6. The number of fused-ring (bicyclic) bond motifs is 1. The molecule has 1 atom stereocenters. The van der Waals surface area contributed by atoms with Crippen LogP contribution in [-0.2, 0) is 14.3 Å². The summed E-state index contributed by atoms with van der Waals surface area (Å²) < 4.78 is 10.5. The van der Waals surface area contributed by atoms with Crippen molar-refractivity contribution in [3.05, 3.63) is 34.9 Å². The molecule has 9 heteroatoms. The number of amides is 4. The molecule has 3 heterocycles. The lowest BCUT2D eigenvalue weighted by molar-refractivity contribution is -0.142. The van der Waals surface area contributed by atoms with Gasteiger partial charge in [0.05, 0.1) is 11.1 Å². The maximum absolute atomic E-state index is 13.0. The highest BCUT2D eigenvalue weighted by atomic mass is 16.5. The zero-order valence-corrected chi connectivity index (χ0v) is 17.7. The van der Waals surface area contributed by atoms with Crippen LogP contribution in [0.2, 0.25) is 0 Å². The molecule has 0 N–H and O–H groups in total. The second-order valence-electron chi connectivity index (χ2n) is 7.99. The molecular formula is C22H27N3O6. The number of nitrogens with zero attached hydrogens (tertiary/aromatic N) is 3. The number of carbonyl (C=O) groups is 4. The number of ether oxygens (including phenoxy) is 2. The van der Waals surface area contributed by atoms with Crippen LogP contribution in [0.1, 0.15) is 50.3 Å². The van der Waals surface area contributed by atoms with E-state index in [0.717, 1.165) is 12.8 Å². The zero-order valence-electron chi connectivity index (χ0n) is 17.7. The van der Waals surface area contributed by atoms with E-state index in [1.165, 1.54) is 11.0 Å². The normalized spacial score (nSPS) is 21.1. The smallest absolute Gasteiger partial charge is 0.261 e. The van der Waals surface area contributed by atoms with Gasteiger partial charge in [-0.1, -0.05) is 0 Å². The Kier molecular flexibility index (Phi) is 6.33. The minimum Gasteiger partial charge on any atom is -0.385 e. The molecule has 2 fully saturated rings. The van der Waals surface area contributed by atoms with Gasteiger partial charge < -0.3 is 19.3 Å². The quantitative estimate of drug-likeness (QED) is 0.490. The van der Waals surface area contributed by atoms with Crippen LogP contribution in [0, 0.1) is 0 Å². The molecule has 4 amide bonds. The Morgan fingerprint density at radius 1 is 1.06 bits per heavy atom. The van der Waals surface area contributed by atoms with Gasteiger partial charge in [-0.3, -0.25) is 24.1 Å². The van der Waals surface area contributed by atoms with Crippen molar-refractivity contribution < 1.29 is 28.7 Å². The van der Waals surface area contributed by atoms with Crippen molar-refractivity contribution in [3.8, 4) is 0 Å². The highest BCUT2D eigenvalue weighted by Gasteiger charge is 2.36. The van der Waals surface area contributed by atoms with Crippen LogP contribution in [-0.4, -0.2) is 97.5 Å². The summed E-state index contributed by atoms with van der Waals surface area (Å²) in [5, 5.41) is 0. The first-order valence-corrected chi connectivity index (χ1v) is 10.7. The Balaban J connectivity index is 1.39. The molecule has 0 spiro atoms. The number of benzene rings is 1. The monoisotopic (exact) mass is 429 g/mol. The fraction of sp³-hybridized carbons (Fsp3) is 0.545. The average Bonchev–Trinajstić information content (AvgIpc) is 3.42. The molecule has 1 aromatic rings. The summed E-state index contributed by atoms with van der Waals surface area (Å²) in [4.78, 5) is 55.3. The molecule has 0 saturated carbocycles. The fourth-order valence-electron chi connectivity index (χ4n) is 4.28. The molecule has 0 bridgehead atoms. The van der Waals surface area contributed by atoms with Gasteiger partial charge in [-0.15, -0.1) is 0 Å². The molecule has 3 aliphatic rings. The highest BCUT2D eigenvalue weighted by molar-refractivity contribution is 6.22. The third-order valence-electron chi connectivity index (χ3n) is 6.03. The van der Waals surface area contributed by atoms with Crippen molar-refractivity contribution >= 4 is 23.6 Å². The lowest BCUT2D eigenvalue weighted by atomic mass is 10.0. The van der Waals surface area contributed by atoms with Gasteiger partial charge in [0.2, 0.25) is 0 Å². The number of rotatable bonds is 6. The van der Waals surface area contributed by atoms with Crippen molar-refractivity contribution in [3.63, 3.8) is 0 Å². The Bertz CT molecular complexity index is 887. The summed E-state index contributed by atoms with van der Waals surface area (Å²) in [6.07, 6.45) is 1.86. The van der Waals surface area contributed by atoms with Crippen molar-refractivity contribution in [2.75, 3.05) is 53.0 Å². The molecule has 31 heavy (non-hydrogen) atoms. The lowest BCUT2D eigenvalue weighted by Gasteiger charge is -2.35. The molecule has 1 unspecified atom stereocenters. The first-order chi connectivity index (χ1) is 15.0. The number of methoxy groups -OCH3 is 1. The number of hydrogen-bond donors (Lipinski definition) is 0. The van der Waals surface area contributed by atoms with Crippen LogP contribution in [0.3, 0.4) is 0 Å². The Labute approximate surface area is 180 Å². The molecule has 0 aromatic heterocycles. The van der Waals surface area contributed by atoms with E-state index in [9.17, 15) is 19.2 Å². The highest BCUT2D eigenvalue weighted by Crippen LogP contribution is 2.25. The molecule has 1 aromatic carbocycles. The topological polar surface area (TPSA) is 96.5 Å². The van der Waals surface area contributed by atoms with Crippen molar-refractivity contribution in [1.82, 2.24) is 14.7 Å². The largest absolute Gasteiger partial charge is 0.385 e. The SMILES string of the molecule is COCCCN1C(=O)c2ccc(C(=O)N3CCN(C(=O)C4CCCO4)CC3)cc2C1=O. The second-order valence-corrected chi connectivity index (χ2v) is 7.99. The van der Waals surface area contributed by atoms with Crippen molar-refractivity contribution in [2.45, 2.75) is 25.4 Å². The van der Waals surface area contributed by atoms with Crippen molar-refractivity contribution in [1.29, 1.82) is 0 Å². The summed E-state index contributed by atoms with van der Waals surface area (Å²) in [7, 11) is 1.57. The van der Waals surface area contributed by atoms with E-state index < -0.39 is 0 Å². The number of carbonyl (C=O) groups excluding carboxylic acids is 4. The van der Waals surface area contributed by atoms with Gasteiger partial charge in [0.1, 0.15) is 6.10 Å². The summed E-state index contributed by atoms with van der Waals surface area (Å²) in [6, 6.07) is 4.66. The minimum atomic E-state index is -0.377. The first-order valence-electron chi connectivity index (χ1n) is 10.7. The minimum absolute atomic E-state index is 0.000182. The lowest BCUT2D eigenvalue weighted by Crippen LogP contribution is -2.52. The third-order valence-corrected chi connectivity index (χ3v) is 6.03. The summed E-state index contributed by atoms with van der Waals surface area (Å²) in [5.41, 5.74) is 0.962. The molecule has 166 valence electrons. The van der Waals surface area contributed by atoms with Gasteiger partial charge in [0.15, 0.2) is 0 Å². The van der Waals surface area contributed by atoms with Crippen LogP contribution >= 0.6 is 0 Å². The molecule has 9 nitrogen and oxygen atoms in total. The zero-order chi connectivity index (χ0) is 22.0. The Hall–Kier alpha value is -2.78. The third kappa shape index (κ3) is 4.20. The Morgan fingerprint density at radius 3 is 2.45 bits per heavy atom. The van der Waals surface area contributed by atoms with Gasteiger partial charge in [-0.25, -0.2) is 0 Å². The molecule has 0 radical (unpaired) electrons. The number of imide groups is 1. The van der Waals surface area contributed by atoms with Gasteiger partial charge in [0.25, 0.3) is 23.6 Å². The van der Waals surface area contributed by atoms with Crippen LogP contribution in [0.5, 0.6) is 0 Å². The maximum Gasteiger partial charge on any atom is 0.261 e. The fourth-order valence-corrected chi connectivity index (χ4v) is 4.28. The molecule has 4 rings (SSSR count). The maximum atomic E-state index is 13.0. The van der Waals surface area contributed by atoms with E-state index in [0.29, 0.717) is 56.9 Å².